The van der Waals surface area contributed by atoms with Crippen LogP contribution in [0.5, 0.6) is 0 Å². The summed E-state index contributed by atoms with van der Waals surface area (Å²) in [6.45, 7) is 3.78. The topological polar surface area (TPSA) is 78.8 Å². The van der Waals surface area contributed by atoms with E-state index in [0.29, 0.717) is 6.61 Å². The number of aliphatic hydroxyl groups is 2. The fourth-order valence-electron chi connectivity index (χ4n) is 0.714. The Labute approximate surface area is 84.1 Å². The van der Waals surface area contributed by atoms with E-state index < -0.39 is 18.2 Å². The van der Waals surface area contributed by atoms with Crippen LogP contribution in [0, 0.1) is 5.92 Å². The van der Waals surface area contributed by atoms with Gasteiger partial charge in [-0.3, -0.25) is 5.32 Å². The average Bonchev–Trinajstić information content (AvgIpc) is 2.16. The first-order valence-electron chi connectivity index (χ1n) is 4.84. The highest BCUT2D eigenvalue weighted by Crippen LogP contribution is 1.98. The maximum absolute atomic E-state index is 11.0. The van der Waals surface area contributed by atoms with Crippen molar-refractivity contribution in [2.24, 2.45) is 5.92 Å². The van der Waals surface area contributed by atoms with Crippen molar-refractivity contribution in [3.63, 3.8) is 0 Å². The molecule has 0 fully saturated rings. The smallest absolute Gasteiger partial charge is 0.409 e. The summed E-state index contributed by atoms with van der Waals surface area (Å²) < 4.78 is 4.76. The summed E-state index contributed by atoms with van der Waals surface area (Å²) in [5.41, 5.74) is 0. The van der Waals surface area contributed by atoms with Gasteiger partial charge in [0.15, 0.2) is 0 Å². The molecule has 84 valence electrons. The normalized spacial score (nSPS) is 14.6. The van der Waals surface area contributed by atoms with Crippen LogP contribution in [-0.4, -0.2) is 35.7 Å². The van der Waals surface area contributed by atoms with Crippen LogP contribution in [0.25, 0.3) is 0 Å². The molecule has 0 aliphatic carbocycles. The molecule has 0 aliphatic rings. The predicted octanol–water partition coefficient (Wildman–Crippen LogP) is 0.459. The van der Waals surface area contributed by atoms with Crippen molar-refractivity contribution >= 4 is 6.09 Å². The van der Waals surface area contributed by atoms with Gasteiger partial charge in [-0.1, -0.05) is 20.3 Å². The molecule has 5 heteroatoms. The molecule has 1 amide bonds. The monoisotopic (exact) mass is 205 g/mol. The van der Waals surface area contributed by atoms with Crippen LogP contribution in [0.3, 0.4) is 0 Å². The number of ether oxygens (including phenoxy) is 1. The van der Waals surface area contributed by atoms with Crippen molar-refractivity contribution in [1.29, 1.82) is 0 Å². The fraction of sp³-hybridized carbons (Fsp3) is 0.889. The lowest BCUT2D eigenvalue weighted by Gasteiger charge is -2.17. The van der Waals surface area contributed by atoms with Crippen LogP contribution >= 0.6 is 0 Å². The molecule has 0 aromatic rings. The highest BCUT2D eigenvalue weighted by molar-refractivity contribution is 5.67. The minimum atomic E-state index is -1.06. The second-order valence-corrected chi connectivity index (χ2v) is 3.24. The average molecular weight is 205 g/mol. The summed E-state index contributed by atoms with van der Waals surface area (Å²) in [6.07, 6.45) is 0.0439. The van der Waals surface area contributed by atoms with Crippen LogP contribution in [0.15, 0.2) is 0 Å². The summed E-state index contributed by atoms with van der Waals surface area (Å²) >= 11 is 0. The Morgan fingerprint density at radius 1 is 1.57 bits per heavy atom. The largest absolute Gasteiger partial charge is 0.450 e. The Kier molecular flexibility index (Phi) is 7.14. The number of carbonyl (C=O) groups is 1. The van der Waals surface area contributed by atoms with Crippen molar-refractivity contribution < 1.29 is 19.7 Å². The molecule has 2 atom stereocenters. The summed E-state index contributed by atoms with van der Waals surface area (Å²) in [4.78, 5) is 11.0. The molecule has 14 heavy (non-hydrogen) atoms. The zero-order valence-corrected chi connectivity index (χ0v) is 8.69. The predicted molar refractivity (Wildman–Crippen MR) is 51.6 cm³/mol. The number of rotatable bonds is 6. The van der Waals surface area contributed by atoms with E-state index in [0.717, 1.165) is 12.8 Å². The van der Waals surface area contributed by atoms with Gasteiger partial charge >= 0.3 is 6.09 Å². The molecule has 0 aromatic carbocycles. The summed E-state index contributed by atoms with van der Waals surface area (Å²) in [7, 11) is 0. The van der Waals surface area contributed by atoms with Gasteiger partial charge in [-0.15, -0.1) is 0 Å². The van der Waals surface area contributed by atoms with E-state index in [1.165, 1.54) is 0 Å². The molecular weight excluding hydrogens is 186 g/mol. The molecule has 2 unspecified atom stereocenters. The lowest BCUT2D eigenvalue weighted by molar-refractivity contribution is 0.0438. The van der Waals surface area contributed by atoms with Crippen LogP contribution < -0.4 is 5.32 Å². The van der Waals surface area contributed by atoms with Crippen molar-refractivity contribution in [2.45, 2.75) is 32.9 Å². The maximum Gasteiger partial charge on any atom is 0.409 e. The Morgan fingerprint density at radius 3 is 2.71 bits per heavy atom. The Hall–Kier alpha value is -0.810. The summed E-state index contributed by atoms with van der Waals surface area (Å²) in [6, 6.07) is 0. The molecule has 0 saturated carbocycles. The Bertz CT molecular complexity index is 163. The zero-order chi connectivity index (χ0) is 11.0. The van der Waals surface area contributed by atoms with E-state index in [9.17, 15) is 9.90 Å². The number of amides is 1. The second-order valence-electron chi connectivity index (χ2n) is 3.24. The number of hydrogen-bond donors (Lipinski definition) is 3. The fourth-order valence-corrected chi connectivity index (χ4v) is 0.714. The quantitative estimate of drug-likeness (QED) is 0.435. The maximum atomic E-state index is 11.0. The van der Waals surface area contributed by atoms with Gasteiger partial charge in [0.05, 0.1) is 6.61 Å². The first-order chi connectivity index (χ1) is 6.61. The number of carbonyl (C=O) groups excluding carboxylic acids is 1. The highest BCUT2D eigenvalue weighted by atomic mass is 16.6. The SMILES string of the molecule is CCCCOC(=O)NC(O)C(C)CO. The highest BCUT2D eigenvalue weighted by Gasteiger charge is 2.15. The molecule has 0 radical (unpaired) electrons. The Morgan fingerprint density at radius 2 is 2.21 bits per heavy atom. The third-order valence-corrected chi connectivity index (χ3v) is 1.82. The Balaban J connectivity index is 3.60. The molecule has 0 aliphatic heterocycles. The van der Waals surface area contributed by atoms with Crippen molar-refractivity contribution in [1.82, 2.24) is 5.32 Å². The summed E-state index contributed by atoms with van der Waals surface area (Å²) in [5, 5.41) is 20.2. The van der Waals surface area contributed by atoms with Gasteiger partial charge in [-0.2, -0.15) is 0 Å². The lowest BCUT2D eigenvalue weighted by Crippen LogP contribution is -2.40. The molecule has 0 saturated heterocycles. The molecule has 0 spiro atoms. The molecule has 3 N–H and O–H groups in total. The molecular formula is C9H19NO4. The first kappa shape index (κ1) is 13.2. The minimum absolute atomic E-state index is 0.184. The third kappa shape index (κ3) is 5.77. The number of nitrogens with one attached hydrogen (secondary N) is 1. The zero-order valence-electron chi connectivity index (χ0n) is 8.69. The number of aliphatic hydroxyl groups excluding tert-OH is 2. The van der Waals surface area contributed by atoms with Crippen molar-refractivity contribution in [3.05, 3.63) is 0 Å². The van der Waals surface area contributed by atoms with E-state index in [1.807, 2.05) is 6.92 Å². The van der Waals surface area contributed by atoms with Crippen molar-refractivity contribution in [3.8, 4) is 0 Å². The van der Waals surface area contributed by atoms with Gasteiger partial charge in [0, 0.05) is 12.5 Å². The van der Waals surface area contributed by atoms with E-state index >= 15 is 0 Å². The van der Waals surface area contributed by atoms with Gasteiger partial charge in [0.1, 0.15) is 6.23 Å². The van der Waals surface area contributed by atoms with Crippen LogP contribution in [0.4, 0.5) is 4.79 Å². The molecule has 0 bridgehead atoms. The molecule has 0 rings (SSSR count). The van der Waals surface area contributed by atoms with Crippen LogP contribution in [0.2, 0.25) is 0 Å². The number of unbranched alkanes of at least 4 members (excludes halogenated alkanes) is 1. The second kappa shape index (κ2) is 7.58. The van der Waals surface area contributed by atoms with E-state index in [1.54, 1.807) is 6.92 Å². The minimum Gasteiger partial charge on any atom is -0.450 e. The first-order valence-corrected chi connectivity index (χ1v) is 4.84. The van der Waals surface area contributed by atoms with Gasteiger partial charge in [-0.05, 0) is 6.42 Å². The molecule has 0 heterocycles. The standard InChI is InChI=1S/C9H19NO4/c1-3-4-5-14-9(13)10-8(12)7(2)6-11/h7-8,11-12H,3-6H2,1-2H3,(H,10,13). The third-order valence-electron chi connectivity index (χ3n) is 1.82. The molecule has 5 nitrogen and oxygen atoms in total. The van der Waals surface area contributed by atoms with E-state index in [-0.39, 0.29) is 6.61 Å². The van der Waals surface area contributed by atoms with Crippen LogP contribution in [0.1, 0.15) is 26.7 Å². The van der Waals surface area contributed by atoms with Gasteiger partial charge < -0.3 is 14.9 Å². The van der Waals surface area contributed by atoms with Crippen molar-refractivity contribution in [2.75, 3.05) is 13.2 Å². The lowest BCUT2D eigenvalue weighted by atomic mass is 10.2. The molecule has 0 aromatic heterocycles. The van der Waals surface area contributed by atoms with Crippen LogP contribution in [-0.2, 0) is 4.74 Å². The number of hydrogen-bond acceptors (Lipinski definition) is 4. The van der Waals surface area contributed by atoms with E-state index in [4.69, 9.17) is 9.84 Å². The van der Waals surface area contributed by atoms with Gasteiger partial charge in [-0.25, -0.2) is 4.79 Å². The van der Waals surface area contributed by atoms with E-state index in [2.05, 4.69) is 5.32 Å². The number of alkyl carbamates (subject to hydrolysis) is 1. The van der Waals surface area contributed by atoms with Gasteiger partial charge in [0.25, 0.3) is 0 Å². The summed E-state index contributed by atoms with van der Waals surface area (Å²) in [5.74, 6) is -0.395. The van der Waals surface area contributed by atoms with Gasteiger partial charge in [0.2, 0.25) is 0 Å².